The van der Waals surface area contributed by atoms with Crippen molar-refractivity contribution in [1.29, 1.82) is 0 Å². The number of likely N-dealkylation sites (N-methyl/N-ethyl adjacent to an activating group) is 1. The first-order valence-corrected chi connectivity index (χ1v) is 14.0. The topological polar surface area (TPSA) is 64.2 Å². The van der Waals surface area contributed by atoms with Crippen molar-refractivity contribution >= 4 is 23.5 Å². The molecule has 2 unspecified atom stereocenters. The van der Waals surface area contributed by atoms with Gasteiger partial charge in [-0.3, -0.25) is 14.5 Å². The SMILES string of the molecule is CC(=O)N1CCC(C(=O)N2CCC(N(C)C(=O)N(C)c3cc(C(F)(F)F)cc(C(F)(F)F)c3)C(c3ccccc3)C2)CC1. The molecule has 0 radical (unpaired) electrons. The summed E-state index contributed by atoms with van der Waals surface area (Å²) in [6.45, 7) is 3.10. The smallest absolute Gasteiger partial charge is 0.343 e. The average molecular weight is 613 g/mol. The molecule has 7 nitrogen and oxygen atoms in total. The zero-order valence-corrected chi connectivity index (χ0v) is 24.1. The van der Waals surface area contributed by atoms with E-state index in [4.69, 9.17) is 0 Å². The Morgan fingerprint density at radius 1 is 0.791 bits per heavy atom. The maximum absolute atomic E-state index is 13.6. The third kappa shape index (κ3) is 7.24. The fourth-order valence-corrected chi connectivity index (χ4v) is 5.95. The lowest BCUT2D eigenvalue weighted by Crippen LogP contribution is -2.55. The minimum atomic E-state index is -5.05. The van der Waals surface area contributed by atoms with Crippen LogP contribution in [0.3, 0.4) is 0 Å². The van der Waals surface area contributed by atoms with Crippen molar-refractivity contribution in [3.05, 3.63) is 65.2 Å². The molecule has 2 aliphatic heterocycles. The van der Waals surface area contributed by atoms with Gasteiger partial charge in [0, 0.05) is 70.8 Å². The van der Waals surface area contributed by atoms with Gasteiger partial charge in [0.15, 0.2) is 0 Å². The molecule has 2 aromatic rings. The van der Waals surface area contributed by atoms with Gasteiger partial charge in [-0.1, -0.05) is 30.3 Å². The molecular weight excluding hydrogens is 578 g/mol. The van der Waals surface area contributed by atoms with Gasteiger partial charge >= 0.3 is 18.4 Å². The number of benzene rings is 2. The van der Waals surface area contributed by atoms with Gasteiger partial charge in [-0.25, -0.2) is 4.79 Å². The normalized spacial score (nSPS) is 20.1. The highest BCUT2D eigenvalue weighted by molar-refractivity contribution is 5.92. The van der Waals surface area contributed by atoms with E-state index in [1.54, 1.807) is 9.80 Å². The standard InChI is InChI=1S/C30H34F6N4O3/c1-19(41)39-12-9-21(10-13-39)27(42)40-14-11-26(25(18-40)20-7-5-4-6-8-20)38(3)28(43)37(2)24-16-22(29(31,32)33)15-23(17-24)30(34,35)36/h4-8,15-17,21,25-26H,9-14,18H2,1-3H3. The van der Waals surface area contributed by atoms with Crippen LogP contribution < -0.4 is 4.90 Å². The number of alkyl halides is 6. The first kappa shape index (κ1) is 32.2. The summed E-state index contributed by atoms with van der Waals surface area (Å²) in [7, 11) is 2.60. The first-order valence-electron chi connectivity index (χ1n) is 14.0. The summed E-state index contributed by atoms with van der Waals surface area (Å²) in [6.07, 6.45) is -8.65. The van der Waals surface area contributed by atoms with Gasteiger partial charge < -0.3 is 14.7 Å². The van der Waals surface area contributed by atoms with Crippen molar-refractivity contribution in [3.63, 3.8) is 0 Å². The van der Waals surface area contributed by atoms with Crippen molar-refractivity contribution in [1.82, 2.24) is 14.7 Å². The molecule has 2 atom stereocenters. The van der Waals surface area contributed by atoms with Crippen LogP contribution in [0.2, 0.25) is 0 Å². The van der Waals surface area contributed by atoms with Gasteiger partial charge in [-0.2, -0.15) is 26.3 Å². The monoisotopic (exact) mass is 612 g/mol. The zero-order valence-electron chi connectivity index (χ0n) is 24.1. The summed E-state index contributed by atoms with van der Waals surface area (Å²) in [4.78, 5) is 44.3. The third-order valence-electron chi connectivity index (χ3n) is 8.45. The predicted octanol–water partition coefficient (Wildman–Crippen LogP) is 5.86. The van der Waals surface area contributed by atoms with Crippen LogP contribution in [0, 0.1) is 5.92 Å². The summed E-state index contributed by atoms with van der Waals surface area (Å²) in [5, 5.41) is 0. The summed E-state index contributed by atoms with van der Waals surface area (Å²) < 4.78 is 80.7. The second kappa shape index (κ2) is 12.5. The molecule has 0 aromatic heterocycles. The number of carbonyl (C=O) groups is 3. The second-order valence-corrected chi connectivity index (χ2v) is 11.2. The van der Waals surface area contributed by atoms with E-state index in [9.17, 15) is 40.7 Å². The molecule has 43 heavy (non-hydrogen) atoms. The van der Waals surface area contributed by atoms with Gasteiger partial charge in [0.05, 0.1) is 11.1 Å². The van der Waals surface area contributed by atoms with E-state index < -0.39 is 41.2 Å². The van der Waals surface area contributed by atoms with E-state index in [0.29, 0.717) is 51.0 Å². The van der Waals surface area contributed by atoms with Crippen LogP contribution >= 0.6 is 0 Å². The van der Waals surface area contributed by atoms with Crippen LogP contribution in [-0.2, 0) is 21.9 Å². The van der Waals surface area contributed by atoms with Crippen LogP contribution in [0.4, 0.5) is 36.8 Å². The lowest BCUT2D eigenvalue weighted by Gasteiger charge is -2.45. The first-order chi connectivity index (χ1) is 20.1. The summed E-state index contributed by atoms with van der Waals surface area (Å²) in [5.74, 6) is -0.658. The maximum Gasteiger partial charge on any atom is 0.416 e. The van der Waals surface area contributed by atoms with E-state index in [1.165, 1.54) is 18.9 Å². The summed E-state index contributed by atoms with van der Waals surface area (Å²) in [6, 6.07) is 8.98. The van der Waals surface area contributed by atoms with Gasteiger partial charge in [-0.15, -0.1) is 0 Å². The maximum atomic E-state index is 13.6. The molecule has 4 amide bonds. The molecule has 0 bridgehead atoms. The molecule has 2 aliphatic rings. The van der Waals surface area contributed by atoms with Gasteiger partial charge in [0.25, 0.3) is 0 Å². The quantitative estimate of drug-likeness (QED) is 0.407. The van der Waals surface area contributed by atoms with E-state index >= 15 is 0 Å². The molecule has 2 heterocycles. The van der Waals surface area contributed by atoms with Crippen molar-refractivity contribution in [3.8, 4) is 0 Å². The van der Waals surface area contributed by atoms with Crippen molar-refractivity contribution < 1.29 is 40.7 Å². The molecule has 0 N–H and O–H groups in total. The minimum absolute atomic E-state index is 0.0215. The van der Waals surface area contributed by atoms with Gasteiger partial charge in [-0.05, 0) is 43.0 Å². The van der Waals surface area contributed by atoms with Crippen LogP contribution in [0.1, 0.15) is 48.8 Å². The Hall–Kier alpha value is -3.77. The lowest BCUT2D eigenvalue weighted by molar-refractivity contribution is -0.143. The Kier molecular flexibility index (Phi) is 9.31. The molecule has 2 fully saturated rings. The highest BCUT2D eigenvalue weighted by Crippen LogP contribution is 2.39. The number of hydrogen-bond acceptors (Lipinski definition) is 3. The van der Waals surface area contributed by atoms with E-state index in [1.807, 2.05) is 30.3 Å². The molecule has 234 valence electrons. The Balaban J connectivity index is 1.56. The number of rotatable bonds is 4. The molecular formula is C30H34F6N4O3. The number of nitrogens with zero attached hydrogens (tertiary/aromatic N) is 4. The summed E-state index contributed by atoms with van der Waals surface area (Å²) >= 11 is 0. The number of carbonyl (C=O) groups excluding carboxylic acids is 3. The van der Waals surface area contributed by atoms with Crippen LogP contribution in [0.25, 0.3) is 0 Å². The van der Waals surface area contributed by atoms with Crippen molar-refractivity contribution in [2.75, 3.05) is 45.2 Å². The minimum Gasteiger partial charge on any atom is -0.343 e. The number of likely N-dealkylation sites (tertiary alicyclic amines) is 2. The fraction of sp³-hybridized carbons (Fsp3) is 0.500. The molecule has 2 saturated heterocycles. The predicted molar refractivity (Wildman–Crippen MR) is 147 cm³/mol. The van der Waals surface area contributed by atoms with Gasteiger partial charge in [0.1, 0.15) is 0 Å². The number of piperidine rings is 2. The largest absolute Gasteiger partial charge is 0.416 e. The highest BCUT2D eigenvalue weighted by Gasteiger charge is 2.41. The number of anilines is 1. The molecule has 0 spiro atoms. The zero-order chi connectivity index (χ0) is 31.7. The van der Waals surface area contributed by atoms with E-state index in [2.05, 4.69) is 0 Å². The second-order valence-electron chi connectivity index (χ2n) is 11.2. The van der Waals surface area contributed by atoms with Gasteiger partial charge in [0.2, 0.25) is 11.8 Å². The van der Waals surface area contributed by atoms with Crippen molar-refractivity contribution in [2.24, 2.45) is 5.92 Å². The third-order valence-corrected chi connectivity index (χ3v) is 8.45. The number of urea groups is 1. The number of hydrogen-bond donors (Lipinski definition) is 0. The van der Waals surface area contributed by atoms with Crippen molar-refractivity contribution in [2.45, 2.75) is 50.5 Å². The van der Waals surface area contributed by atoms with E-state index in [-0.39, 0.29) is 36.3 Å². The Bertz CT molecular complexity index is 1290. The fourth-order valence-electron chi connectivity index (χ4n) is 5.95. The highest BCUT2D eigenvalue weighted by atomic mass is 19.4. The van der Waals surface area contributed by atoms with Crippen LogP contribution in [0.15, 0.2) is 48.5 Å². The lowest BCUT2D eigenvalue weighted by atomic mass is 9.84. The Morgan fingerprint density at radius 2 is 1.33 bits per heavy atom. The Labute approximate surface area is 246 Å². The number of amides is 4. The molecule has 0 saturated carbocycles. The van der Waals surface area contributed by atoms with Crippen LogP contribution in [-0.4, -0.2) is 78.9 Å². The molecule has 13 heteroatoms. The number of halogens is 6. The molecule has 0 aliphatic carbocycles. The van der Waals surface area contributed by atoms with E-state index in [0.717, 1.165) is 17.5 Å². The Morgan fingerprint density at radius 3 is 1.84 bits per heavy atom. The van der Waals surface area contributed by atoms with Crippen LogP contribution in [0.5, 0.6) is 0 Å². The molecule has 2 aromatic carbocycles. The molecule has 4 rings (SSSR count). The average Bonchev–Trinajstić information content (AvgIpc) is 2.98. The summed E-state index contributed by atoms with van der Waals surface area (Å²) in [5.41, 5.74) is -2.72.